The minimum atomic E-state index is -0.192. The lowest BCUT2D eigenvalue weighted by Crippen LogP contribution is -2.46. The Labute approximate surface area is 123 Å². The second-order valence-electron chi connectivity index (χ2n) is 7.10. The molecule has 1 N–H and O–H groups in total. The van der Waals surface area contributed by atoms with E-state index in [-0.39, 0.29) is 5.79 Å². The third-order valence-electron chi connectivity index (χ3n) is 6.05. The number of nitrogens with one attached hydrogen (secondary N) is 1. The predicted octanol–water partition coefficient (Wildman–Crippen LogP) is 3.48. The monoisotopic (exact) mass is 281 g/mol. The van der Waals surface area contributed by atoms with E-state index in [9.17, 15) is 0 Å². The first-order valence-corrected chi connectivity index (χ1v) is 8.77. The zero-order chi connectivity index (χ0) is 13.9. The Morgan fingerprint density at radius 3 is 2.25 bits per heavy atom. The lowest BCUT2D eigenvalue weighted by atomic mass is 9.60. The fourth-order valence-electron chi connectivity index (χ4n) is 4.74. The van der Waals surface area contributed by atoms with E-state index in [2.05, 4.69) is 12.2 Å². The smallest absolute Gasteiger partial charge is 0.168 e. The first-order chi connectivity index (χ1) is 9.79. The van der Waals surface area contributed by atoms with E-state index in [1.807, 2.05) is 0 Å². The van der Waals surface area contributed by atoms with Crippen molar-refractivity contribution in [1.29, 1.82) is 0 Å². The summed E-state index contributed by atoms with van der Waals surface area (Å²) in [5.74, 6) is 0.733. The summed E-state index contributed by atoms with van der Waals surface area (Å²) in [6, 6.07) is 0. The molecule has 2 aliphatic heterocycles. The zero-order valence-corrected chi connectivity index (χ0v) is 13.1. The van der Waals surface area contributed by atoms with Gasteiger partial charge in [0.05, 0.1) is 13.2 Å². The molecule has 1 aliphatic carbocycles. The van der Waals surface area contributed by atoms with Gasteiger partial charge in [0.25, 0.3) is 0 Å². The molecule has 0 amide bonds. The Kier molecular flexibility index (Phi) is 4.68. The van der Waals surface area contributed by atoms with Crippen molar-refractivity contribution in [2.24, 2.45) is 11.3 Å². The summed E-state index contributed by atoms with van der Waals surface area (Å²) in [4.78, 5) is 0. The summed E-state index contributed by atoms with van der Waals surface area (Å²) in [6.45, 7) is 6.36. The van der Waals surface area contributed by atoms with E-state index < -0.39 is 0 Å². The van der Waals surface area contributed by atoms with Crippen molar-refractivity contribution in [3.63, 3.8) is 0 Å². The van der Waals surface area contributed by atoms with Crippen molar-refractivity contribution >= 4 is 0 Å². The molecule has 1 spiro atoms. The molecule has 3 fully saturated rings. The highest BCUT2D eigenvalue weighted by Gasteiger charge is 2.48. The molecule has 3 nitrogen and oxygen atoms in total. The maximum Gasteiger partial charge on any atom is 0.168 e. The van der Waals surface area contributed by atoms with Gasteiger partial charge in [0.2, 0.25) is 0 Å². The number of piperidine rings is 1. The number of ether oxygens (including phenoxy) is 2. The molecule has 0 aromatic carbocycles. The summed E-state index contributed by atoms with van der Waals surface area (Å²) in [7, 11) is 0. The molecule has 2 saturated heterocycles. The van der Waals surface area contributed by atoms with E-state index in [0.717, 1.165) is 32.0 Å². The van der Waals surface area contributed by atoms with Crippen LogP contribution in [0.1, 0.15) is 64.7 Å². The van der Waals surface area contributed by atoms with Crippen LogP contribution in [0.5, 0.6) is 0 Å². The molecule has 116 valence electrons. The molecule has 2 heterocycles. The molecule has 0 aromatic heterocycles. The zero-order valence-electron chi connectivity index (χ0n) is 13.1. The summed E-state index contributed by atoms with van der Waals surface area (Å²) in [5, 5.41) is 3.53. The minimum absolute atomic E-state index is 0.192. The van der Waals surface area contributed by atoms with Crippen LogP contribution in [0, 0.1) is 11.3 Å². The molecule has 3 heteroatoms. The number of unbranched alkanes of at least 4 members (excludes halogenated alkanes) is 1. The van der Waals surface area contributed by atoms with Crippen LogP contribution in [0.25, 0.3) is 0 Å². The fourth-order valence-corrected chi connectivity index (χ4v) is 4.74. The highest BCUT2D eigenvalue weighted by Crippen LogP contribution is 2.53. The van der Waals surface area contributed by atoms with Crippen LogP contribution in [0.15, 0.2) is 0 Å². The van der Waals surface area contributed by atoms with E-state index in [1.165, 1.54) is 58.0 Å². The largest absolute Gasteiger partial charge is 0.348 e. The first-order valence-electron chi connectivity index (χ1n) is 8.77. The Hall–Kier alpha value is -0.120. The number of hydrogen-bond donors (Lipinski definition) is 1. The molecule has 20 heavy (non-hydrogen) atoms. The van der Waals surface area contributed by atoms with Gasteiger partial charge in [-0.3, -0.25) is 0 Å². The molecular formula is C17H31NO2. The molecule has 0 unspecified atom stereocenters. The van der Waals surface area contributed by atoms with Crippen molar-refractivity contribution in [2.75, 3.05) is 26.3 Å². The van der Waals surface area contributed by atoms with Crippen molar-refractivity contribution in [1.82, 2.24) is 5.32 Å². The van der Waals surface area contributed by atoms with E-state index >= 15 is 0 Å². The highest BCUT2D eigenvalue weighted by molar-refractivity contribution is 4.96. The molecule has 0 bridgehead atoms. The van der Waals surface area contributed by atoms with Gasteiger partial charge in [-0.1, -0.05) is 19.8 Å². The van der Waals surface area contributed by atoms with Crippen LogP contribution in [0.3, 0.4) is 0 Å². The van der Waals surface area contributed by atoms with Gasteiger partial charge in [0.15, 0.2) is 5.79 Å². The van der Waals surface area contributed by atoms with Crippen molar-refractivity contribution in [3.05, 3.63) is 0 Å². The van der Waals surface area contributed by atoms with E-state index in [4.69, 9.17) is 9.47 Å². The van der Waals surface area contributed by atoms with Gasteiger partial charge in [-0.2, -0.15) is 0 Å². The Morgan fingerprint density at radius 1 is 1.00 bits per heavy atom. The lowest BCUT2D eigenvalue weighted by molar-refractivity contribution is -0.198. The van der Waals surface area contributed by atoms with E-state index in [1.54, 1.807) is 0 Å². The second kappa shape index (κ2) is 6.33. The van der Waals surface area contributed by atoms with Gasteiger partial charge in [-0.15, -0.1) is 0 Å². The average molecular weight is 281 g/mol. The third-order valence-corrected chi connectivity index (χ3v) is 6.05. The molecule has 0 aromatic rings. The van der Waals surface area contributed by atoms with Crippen LogP contribution < -0.4 is 5.32 Å². The van der Waals surface area contributed by atoms with E-state index in [0.29, 0.717) is 5.41 Å². The Bertz CT molecular complexity index is 296. The second-order valence-corrected chi connectivity index (χ2v) is 7.10. The standard InChI is InChI=1S/C17H31NO2/c1-2-3-6-16(15-4-11-18-12-5-15)7-9-17(10-8-16)19-13-14-20-17/h15,18H,2-14H2,1H3. The quantitative estimate of drug-likeness (QED) is 0.856. The molecule has 1 saturated carbocycles. The average Bonchev–Trinajstić information content (AvgIpc) is 2.97. The van der Waals surface area contributed by atoms with Crippen molar-refractivity contribution in [3.8, 4) is 0 Å². The molecule has 0 radical (unpaired) electrons. The topological polar surface area (TPSA) is 30.5 Å². The van der Waals surface area contributed by atoms with Gasteiger partial charge >= 0.3 is 0 Å². The summed E-state index contributed by atoms with van der Waals surface area (Å²) in [6.07, 6.45) is 11.8. The lowest BCUT2D eigenvalue weighted by Gasteiger charge is -2.49. The normalized spacial score (nSPS) is 29.9. The summed E-state index contributed by atoms with van der Waals surface area (Å²) in [5.41, 5.74) is 0.582. The van der Waals surface area contributed by atoms with Gasteiger partial charge < -0.3 is 14.8 Å². The van der Waals surface area contributed by atoms with Gasteiger partial charge in [-0.25, -0.2) is 0 Å². The maximum absolute atomic E-state index is 5.93. The van der Waals surface area contributed by atoms with Gasteiger partial charge in [0, 0.05) is 12.8 Å². The molecular weight excluding hydrogens is 250 g/mol. The predicted molar refractivity (Wildman–Crippen MR) is 80.7 cm³/mol. The molecule has 3 rings (SSSR count). The van der Waals surface area contributed by atoms with Crippen LogP contribution in [0.4, 0.5) is 0 Å². The summed E-state index contributed by atoms with van der Waals surface area (Å²) >= 11 is 0. The fraction of sp³-hybridized carbons (Fsp3) is 1.00. The number of rotatable bonds is 4. The number of hydrogen-bond acceptors (Lipinski definition) is 3. The van der Waals surface area contributed by atoms with Crippen molar-refractivity contribution < 1.29 is 9.47 Å². The minimum Gasteiger partial charge on any atom is -0.348 e. The van der Waals surface area contributed by atoms with Crippen LogP contribution in [-0.4, -0.2) is 32.1 Å². The van der Waals surface area contributed by atoms with Gasteiger partial charge in [0.1, 0.15) is 0 Å². The van der Waals surface area contributed by atoms with Crippen LogP contribution in [-0.2, 0) is 9.47 Å². The SMILES string of the molecule is CCCCC1(C2CCNCC2)CCC2(CC1)OCCO2. The molecule has 0 atom stereocenters. The Morgan fingerprint density at radius 2 is 1.65 bits per heavy atom. The molecule has 3 aliphatic rings. The van der Waals surface area contributed by atoms with Gasteiger partial charge in [-0.05, 0) is 56.5 Å². The summed E-state index contributed by atoms with van der Waals surface area (Å²) < 4.78 is 11.9. The first kappa shape index (κ1) is 14.8. The highest BCUT2D eigenvalue weighted by atomic mass is 16.7. The maximum atomic E-state index is 5.93. The van der Waals surface area contributed by atoms with Crippen LogP contribution in [0.2, 0.25) is 0 Å². The van der Waals surface area contributed by atoms with Crippen molar-refractivity contribution in [2.45, 2.75) is 70.5 Å². The third kappa shape index (κ3) is 2.90. The van der Waals surface area contributed by atoms with Crippen LogP contribution >= 0.6 is 0 Å². The Balaban J connectivity index is 1.67.